The van der Waals surface area contributed by atoms with Crippen molar-refractivity contribution < 1.29 is 0 Å². The first kappa shape index (κ1) is 14.2. The van der Waals surface area contributed by atoms with Gasteiger partial charge in [0.25, 0.3) is 0 Å². The molecule has 2 unspecified atom stereocenters. The molecular weight excluding hydrogens is 252 g/mol. The van der Waals surface area contributed by atoms with E-state index in [-0.39, 0.29) is 0 Å². The molecule has 2 rings (SSSR count). The smallest absolute Gasteiger partial charge is 0.0798 e. The van der Waals surface area contributed by atoms with Crippen LogP contribution in [-0.2, 0) is 6.42 Å². The Hall–Kier alpha value is -1.19. The van der Waals surface area contributed by atoms with Crippen LogP contribution in [0, 0.1) is 13.8 Å². The van der Waals surface area contributed by atoms with Crippen molar-refractivity contribution in [1.29, 1.82) is 0 Å². The molecule has 0 aliphatic heterocycles. The van der Waals surface area contributed by atoms with Crippen molar-refractivity contribution in [2.75, 3.05) is 0 Å². The van der Waals surface area contributed by atoms with Crippen LogP contribution in [0.25, 0.3) is 0 Å². The van der Waals surface area contributed by atoms with Gasteiger partial charge in [-0.3, -0.25) is 0 Å². The molecule has 0 saturated heterocycles. The van der Waals surface area contributed by atoms with Crippen molar-refractivity contribution in [2.24, 2.45) is 0 Å². The summed E-state index contributed by atoms with van der Waals surface area (Å²) < 4.78 is 0. The van der Waals surface area contributed by atoms with Gasteiger partial charge >= 0.3 is 0 Å². The lowest BCUT2D eigenvalue weighted by molar-refractivity contribution is 0.479. The van der Waals surface area contributed by atoms with Crippen molar-refractivity contribution in [3.05, 3.63) is 51.5 Å². The molecule has 2 aromatic rings. The summed E-state index contributed by atoms with van der Waals surface area (Å²) in [5, 5.41) is 3.67. The van der Waals surface area contributed by atoms with Crippen LogP contribution < -0.4 is 5.32 Å². The highest BCUT2D eigenvalue weighted by Crippen LogP contribution is 2.22. The quantitative estimate of drug-likeness (QED) is 0.890. The molecule has 0 aliphatic rings. The van der Waals surface area contributed by atoms with Crippen molar-refractivity contribution in [2.45, 2.75) is 46.2 Å². The molecular formula is C16H22N2S. The summed E-state index contributed by atoms with van der Waals surface area (Å²) in [4.78, 5) is 5.67. The van der Waals surface area contributed by atoms with Gasteiger partial charge in [-0.1, -0.05) is 24.3 Å². The van der Waals surface area contributed by atoms with Crippen LogP contribution in [0.1, 0.15) is 41.6 Å². The van der Waals surface area contributed by atoms with Crippen LogP contribution >= 0.6 is 11.3 Å². The molecule has 102 valence electrons. The highest BCUT2D eigenvalue weighted by atomic mass is 32.1. The fourth-order valence-corrected chi connectivity index (χ4v) is 3.28. The van der Waals surface area contributed by atoms with Crippen molar-refractivity contribution in [3.63, 3.8) is 0 Å². The van der Waals surface area contributed by atoms with Crippen LogP contribution in [0.2, 0.25) is 0 Å². The minimum Gasteiger partial charge on any atom is -0.307 e. The Morgan fingerprint density at radius 2 is 1.95 bits per heavy atom. The first-order chi connectivity index (χ1) is 9.08. The van der Waals surface area contributed by atoms with Crippen molar-refractivity contribution in [3.8, 4) is 0 Å². The fourth-order valence-electron chi connectivity index (χ4n) is 2.46. The molecule has 3 heteroatoms. The molecule has 2 nitrogen and oxygen atoms in total. The number of hydrogen-bond acceptors (Lipinski definition) is 3. The summed E-state index contributed by atoms with van der Waals surface area (Å²) in [7, 11) is 0. The molecule has 1 N–H and O–H groups in total. The third kappa shape index (κ3) is 3.64. The average Bonchev–Trinajstić information content (AvgIpc) is 2.78. The molecule has 0 saturated carbocycles. The number of thiazole rings is 1. The van der Waals surface area contributed by atoms with Crippen LogP contribution in [-0.4, -0.2) is 11.0 Å². The molecule has 0 spiro atoms. The second-order valence-electron chi connectivity index (χ2n) is 5.22. The van der Waals surface area contributed by atoms with Crippen molar-refractivity contribution >= 4 is 11.3 Å². The maximum absolute atomic E-state index is 4.32. The van der Waals surface area contributed by atoms with E-state index < -0.39 is 0 Å². The summed E-state index contributed by atoms with van der Waals surface area (Å²) in [6, 6.07) is 9.44. The van der Waals surface area contributed by atoms with E-state index in [1.807, 2.05) is 5.51 Å². The summed E-state index contributed by atoms with van der Waals surface area (Å²) in [5.74, 6) is 0. The van der Waals surface area contributed by atoms with Crippen LogP contribution in [0.3, 0.4) is 0 Å². The number of nitrogens with one attached hydrogen (secondary N) is 1. The third-order valence-corrected chi connectivity index (χ3v) is 4.61. The molecule has 1 aromatic heterocycles. The molecule has 0 fully saturated rings. The number of hydrogen-bond donors (Lipinski definition) is 1. The van der Waals surface area contributed by atoms with E-state index in [1.165, 1.54) is 16.0 Å². The molecule has 0 radical (unpaired) electrons. The van der Waals surface area contributed by atoms with E-state index in [9.17, 15) is 0 Å². The third-order valence-electron chi connectivity index (χ3n) is 3.50. The largest absolute Gasteiger partial charge is 0.307 e. The minimum atomic E-state index is 0.367. The van der Waals surface area contributed by atoms with E-state index in [4.69, 9.17) is 0 Å². The van der Waals surface area contributed by atoms with Crippen LogP contribution in [0.5, 0.6) is 0 Å². The first-order valence-corrected chi connectivity index (χ1v) is 7.66. The zero-order valence-electron chi connectivity index (χ0n) is 12.1. The summed E-state index contributed by atoms with van der Waals surface area (Å²) in [6.45, 7) is 8.73. The average molecular weight is 274 g/mol. The van der Waals surface area contributed by atoms with Gasteiger partial charge in [0.2, 0.25) is 0 Å². The predicted octanol–water partition coefficient (Wildman–Crippen LogP) is 4.04. The van der Waals surface area contributed by atoms with Gasteiger partial charge in [-0.25, -0.2) is 4.98 Å². The maximum atomic E-state index is 4.32. The van der Waals surface area contributed by atoms with Gasteiger partial charge in [0, 0.05) is 17.0 Å². The molecule has 1 aromatic carbocycles. The minimum absolute atomic E-state index is 0.367. The van der Waals surface area contributed by atoms with Gasteiger partial charge in [0.15, 0.2) is 0 Å². The summed E-state index contributed by atoms with van der Waals surface area (Å²) in [5.41, 5.74) is 5.87. The Bertz CT molecular complexity index is 533. The van der Waals surface area contributed by atoms with E-state index in [0.29, 0.717) is 12.1 Å². The lowest BCUT2D eigenvalue weighted by Gasteiger charge is -2.20. The maximum Gasteiger partial charge on any atom is 0.0798 e. The van der Waals surface area contributed by atoms with Crippen LogP contribution in [0.15, 0.2) is 29.8 Å². The lowest BCUT2D eigenvalue weighted by atomic mass is 10.0. The molecule has 0 bridgehead atoms. The SMILES string of the molecule is Cc1ccccc1CC(C)NC(C)c1scnc1C. The second-order valence-corrected chi connectivity index (χ2v) is 6.11. The van der Waals surface area contributed by atoms with Gasteiger partial charge in [0.1, 0.15) is 0 Å². The molecule has 1 heterocycles. The van der Waals surface area contributed by atoms with E-state index in [0.717, 1.165) is 12.1 Å². The van der Waals surface area contributed by atoms with E-state index >= 15 is 0 Å². The topological polar surface area (TPSA) is 24.9 Å². The number of aryl methyl sites for hydroxylation is 2. The second kappa shape index (κ2) is 6.31. The van der Waals surface area contributed by atoms with Crippen molar-refractivity contribution in [1.82, 2.24) is 10.3 Å². The monoisotopic (exact) mass is 274 g/mol. The van der Waals surface area contributed by atoms with Gasteiger partial charge in [-0.05, 0) is 45.2 Å². The van der Waals surface area contributed by atoms with Gasteiger partial charge < -0.3 is 5.32 Å². The number of rotatable bonds is 5. The number of benzene rings is 1. The Labute approximate surface area is 119 Å². The lowest BCUT2D eigenvalue weighted by Crippen LogP contribution is -2.30. The predicted molar refractivity (Wildman–Crippen MR) is 82.7 cm³/mol. The van der Waals surface area contributed by atoms with Gasteiger partial charge in [-0.2, -0.15) is 0 Å². The fraction of sp³-hybridized carbons (Fsp3) is 0.438. The first-order valence-electron chi connectivity index (χ1n) is 6.78. The Balaban J connectivity index is 1.97. The highest BCUT2D eigenvalue weighted by molar-refractivity contribution is 7.09. The summed E-state index contributed by atoms with van der Waals surface area (Å²) in [6.07, 6.45) is 1.06. The number of aromatic nitrogens is 1. The molecule has 2 atom stereocenters. The van der Waals surface area contributed by atoms with Gasteiger partial charge in [-0.15, -0.1) is 11.3 Å². The number of nitrogens with zero attached hydrogens (tertiary/aromatic N) is 1. The zero-order chi connectivity index (χ0) is 13.8. The normalized spacial score (nSPS) is 14.3. The molecule has 19 heavy (non-hydrogen) atoms. The highest BCUT2D eigenvalue weighted by Gasteiger charge is 2.14. The Morgan fingerprint density at radius 3 is 2.58 bits per heavy atom. The van der Waals surface area contributed by atoms with E-state index in [2.05, 4.69) is 62.3 Å². The summed E-state index contributed by atoms with van der Waals surface area (Å²) >= 11 is 1.74. The molecule has 0 aliphatic carbocycles. The Kier molecular flexibility index (Phi) is 4.72. The van der Waals surface area contributed by atoms with Gasteiger partial charge in [0.05, 0.1) is 11.2 Å². The zero-order valence-corrected chi connectivity index (χ0v) is 12.9. The van der Waals surface area contributed by atoms with E-state index in [1.54, 1.807) is 11.3 Å². The standard InChI is InChI=1S/C16H22N2S/c1-11-7-5-6-8-15(11)9-12(2)18-14(4)16-13(3)17-10-19-16/h5-8,10,12,14,18H,9H2,1-4H3. The van der Waals surface area contributed by atoms with Crippen LogP contribution in [0.4, 0.5) is 0 Å². The Morgan fingerprint density at radius 1 is 1.21 bits per heavy atom. The molecule has 0 amide bonds.